The number of hydrogen-bond donors (Lipinski definition) is 1. The van der Waals surface area contributed by atoms with Crippen LogP contribution in [0.5, 0.6) is 5.75 Å². The fraction of sp³-hybridized carbons (Fsp3) is 0.118. The van der Waals surface area contributed by atoms with Gasteiger partial charge in [-0.05, 0) is 29.8 Å². The Bertz CT molecular complexity index is 902. The second-order valence-corrected chi connectivity index (χ2v) is 5.58. The molecule has 0 amide bonds. The highest BCUT2D eigenvalue weighted by Gasteiger charge is 2.30. The van der Waals surface area contributed by atoms with E-state index in [4.69, 9.17) is 16.3 Å². The standard InChI is InChI=1S/C17H11ClF3NO2/c18-14-6-15-13(11(8-23)7-22-15)5-16(14)24-9-10-2-1-3-12(4-10)17(19,20)21/h1-8,22H,9H2. The largest absolute Gasteiger partial charge is 0.487 e. The average molecular weight is 354 g/mol. The minimum atomic E-state index is -4.41. The SMILES string of the molecule is O=Cc1c[nH]c2cc(Cl)c(OCc3cccc(C(F)(F)F)c3)cc12. The number of carbonyl (C=O) groups excluding carboxylic acids is 1. The minimum Gasteiger partial charge on any atom is -0.487 e. The molecular weight excluding hydrogens is 343 g/mol. The Morgan fingerprint density at radius 2 is 2.00 bits per heavy atom. The summed E-state index contributed by atoms with van der Waals surface area (Å²) in [5.74, 6) is 0.296. The summed E-state index contributed by atoms with van der Waals surface area (Å²) in [6.45, 7) is -0.0734. The lowest BCUT2D eigenvalue weighted by atomic mass is 10.1. The molecule has 0 spiro atoms. The van der Waals surface area contributed by atoms with Gasteiger partial charge in [0.2, 0.25) is 0 Å². The molecule has 0 aliphatic rings. The molecule has 24 heavy (non-hydrogen) atoms. The van der Waals surface area contributed by atoms with E-state index in [-0.39, 0.29) is 6.61 Å². The van der Waals surface area contributed by atoms with Crippen molar-refractivity contribution in [1.82, 2.24) is 4.98 Å². The lowest BCUT2D eigenvalue weighted by Gasteiger charge is -2.11. The summed E-state index contributed by atoms with van der Waals surface area (Å²) >= 11 is 6.11. The average Bonchev–Trinajstić information content (AvgIpc) is 2.94. The number of rotatable bonds is 4. The number of fused-ring (bicyclic) bond motifs is 1. The van der Waals surface area contributed by atoms with Crippen LogP contribution in [0.25, 0.3) is 10.9 Å². The number of H-pyrrole nitrogens is 1. The number of hydrogen-bond acceptors (Lipinski definition) is 2. The van der Waals surface area contributed by atoms with Crippen molar-refractivity contribution in [2.24, 2.45) is 0 Å². The summed E-state index contributed by atoms with van der Waals surface area (Å²) in [6.07, 6.45) is -2.16. The quantitative estimate of drug-likeness (QED) is 0.652. The third-order valence-electron chi connectivity index (χ3n) is 3.54. The Morgan fingerprint density at radius 1 is 1.21 bits per heavy atom. The Kier molecular flexibility index (Phi) is 4.24. The molecule has 3 rings (SSSR count). The van der Waals surface area contributed by atoms with E-state index in [1.54, 1.807) is 18.3 Å². The molecule has 0 radical (unpaired) electrons. The number of aromatic amines is 1. The Labute approximate surface area is 140 Å². The van der Waals surface area contributed by atoms with Crippen molar-refractivity contribution in [2.75, 3.05) is 0 Å². The first-order valence-electron chi connectivity index (χ1n) is 6.93. The first-order valence-corrected chi connectivity index (χ1v) is 7.31. The zero-order valence-corrected chi connectivity index (χ0v) is 12.9. The second-order valence-electron chi connectivity index (χ2n) is 5.18. The smallest absolute Gasteiger partial charge is 0.416 e. The summed E-state index contributed by atoms with van der Waals surface area (Å²) in [4.78, 5) is 13.9. The normalized spacial score (nSPS) is 11.7. The van der Waals surface area contributed by atoms with E-state index in [2.05, 4.69) is 4.98 Å². The molecule has 0 bridgehead atoms. The predicted octanol–water partition coefficient (Wildman–Crippen LogP) is 5.23. The van der Waals surface area contributed by atoms with E-state index in [0.29, 0.717) is 39.1 Å². The molecule has 0 aliphatic carbocycles. The van der Waals surface area contributed by atoms with Gasteiger partial charge in [-0.25, -0.2) is 0 Å². The third-order valence-corrected chi connectivity index (χ3v) is 3.84. The second kappa shape index (κ2) is 6.20. The molecule has 0 saturated heterocycles. The fourth-order valence-electron chi connectivity index (χ4n) is 2.35. The van der Waals surface area contributed by atoms with E-state index in [1.165, 1.54) is 12.1 Å². The Balaban J connectivity index is 1.85. The number of ether oxygens (including phenoxy) is 1. The van der Waals surface area contributed by atoms with Crippen molar-refractivity contribution < 1.29 is 22.7 Å². The van der Waals surface area contributed by atoms with Crippen molar-refractivity contribution in [3.8, 4) is 5.75 Å². The summed E-state index contributed by atoms with van der Waals surface area (Å²) < 4.78 is 43.7. The number of nitrogens with one attached hydrogen (secondary N) is 1. The van der Waals surface area contributed by atoms with E-state index in [9.17, 15) is 18.0 Å². The first kappa shape index (κ1) is 16.4. The van der Waals surface area contributed by atoms with Crippen LogP contribution in [0.15, 0.2) is 42.6 Å². The summed E-state index contributed by atoms with van der Waals surface area (Å²) in [5.41, 5.74) is 0.754. The number of aldehydes is 1. The van der Waals surface area contributed by atoms with Gasteiger partial charge in [0.05, 0.1) is 10.6 Å². The van der Waals surface area contributed by atoms with Crippen molar-refractivity contribution >= 4 is 28.8 Å². The van der Waals surface area contributed by atoms with Crippen LogP contribution < -0.4 is 4.74 Å². The van der Waals surface area contributed by atoms with E-state index in [1.807, 2.05) is 0 Å². The molecule has 1 heterocycles. The van der Waals surface area contributed by atoms with Crippen LogP contribution in [-0.2, 0) is 12.8 Å². The molecule has 0 atom stereocenters. The highest BCUT2D eigenvalue weighted by Crippen LogP contribution is 2.33. The van der Waals surface area contributed by atoms with Gasteiger partial charge in [0.25, 0.3) is 0 Å². The predicted molar refractivity (Wildman–Crippen MR) is 84.5 cm³/mol. The summed E-state index contributed by atoms with van der Waals surface area (Å²) in [7, 11) is 0. The summed E-state index contributed by atoms with van der Waals surface area (Å²) in [5, 5.41) is 0.933. The maximum absolute atomic E-state index is 12.7. The van der Waals surface area contributed by atoms with Gasteiger partial charge in [-0.2, -0.15) is 13.2 Å². The number of benzene rings is 2. The number of alkyl halides is 3. The molecule has 124 valence electrons. The molecule has 7 heteroatoms. The van der Waals surface area contributed by atoms with Crippen LogP contribution in [0, 0.1) is 0 Å². The van der Waals surface area contributed by atoms with Crippen LogP contribution in [0.3, 0.4) is 0 Å². The van der Waals surface area contributed by atoms with E-state index < -0.39 is 11.7 Å². The van der Waals surface area contributed by atoms with Crippen molar-refractivity contribution in [3.63, 3.8) is 0 Å². The summed E-state index contributed by atoms with van der Waals surface area (Å²) in [6, 6.07) is 8.08. The van der Waals surface area contributed by atoms with E-state index in [0.717, 1.165) is 12.1 Å². The van der Waals surface area contributed by atoms with Gasteiger partial charge in [-0.15, -0.1) is 0 Å². The van der Waals surface area contributed by atoms with Crippen LogP contribution in [0.4, 0.5) is 13.2 Å². The molecule has 0 unspecified atom stereocenters. The zero-order chi connectivity index (χ0) is 17.3. The van der Waals surface area contributed by atoms with Crippen LogP contribution in [0.1, 0.15) is 21.5 Å². The number of aromatic nitrogens is 1. The molecule has 0 saturated carbocycles. The lowest BCUT2D eigenvalue weighted by molar-refractivity contribution is -0.137. The van der Waals surface area contributed by atoms with Crippen molar-refractivity contribution in [2.45, 2.75) is 12.8 Å². The van der Waals surface area contributed by atoms with Gasteiger partial charge >= 0.3 is 6.18 Å². The molecular formula is C17H11ClF3NO2. The Hall–Kier alpha value is -2.47. The van der Waals surface area contributed by atoms with Crippen LogP contribution in [0.2, 0.25) is 5.02 Å². The van der Waals surface area contributed by atoms with Crippen LogP contribution in [-0.4, -0.2) is 11.3 Å². The highest BCUT2D eigenvalue weighted by molar-refractivity contribution is 6.33. The monoisotopic (exact) mass is 353 g/mol. The molecule has 1 aromatic heterocycles. The minimum absolute atomic E-state index is 0.0734. The van der Waals surface area contributed by atoms with Crippen molar-refractivity contribution in [1.29, 1.82) is 0 Å². The maximum Gasteiger partial charge on any atom is 0.416 e. The molecule has 2 aromatic carbocycles. The molecule has 1 N–H and O–H groups in total. The maximum atomic E-state index is 12.7. The molecule has 3 nitrogen and oxygen atoms in total. The fourth-order valence-corrected chi connectivity index (χ4v) is 2.57. The van der Waals surface area contributed by atoms with Crippen molar-refractivity contribution in [3.05, 3.63) is 64.3 Å². The zero-order valence-electron chi connectivity index (χ0n) is 12.2. The van der Waals surface area contributed by atoms with Crippen LogP contribution >= 0.6 is 11.6 Å². The third kappa shape index (κ3) is 3.23. The number of halogens is 4. The molecule has 3 aromatic rings. The van der Waals surface area contributed by atoms with Gasteiger partial charge in [-0.1, -0.05) is 23.7 Å². The topological polar surface area (TPSA) is 42.1 Å². The molecule has 0 aliphatic heterocycles. The van der Waals surface area contributed by atoms with Gasteiger partial charge in [-0.3, -0.25) is 4.79 Å². The van der Waals surface area contributed by atoms with Gasteiger partial charge < -0.3 is 9.72 Å². The lowest BCUT2D eigenvalue weighted by Crippen LogP contribution is -2.06. The number of carbonyl (C=O) groups is 1. The highest BCUT2D eigenvalue weighted by atomic mass is 35.5. The van der Waals surface area contributed by atoms with Gasteiger partial charge in [0, 0.05) is 22.7 Å². The van der Waals surface area contributed by atoms with Gasteiger partial charge in [0.1, 0.15) is 12.4 Å². The first-order chi connectivity index (χ1) is 11.4. The molecule has 0 fully saturated rings. The van der Waals surface area contributed by atoms with Gasteiger partial charge in [0.15, 0.2) is 6.29 Å². The Morgan fingerprint density at radius 3 is 2.71 bits per heavy atom. The van der Waals surface area contributed by atoms with E-state index >= 15 is 0 Å².